The maximum Gasteiger partial charge on any atom is 0.0594 e. The van der Waals surface area contributed by atoms with Gasteiger partial charge >= 0.3 is 0 Å². The van der Waals surface area contributed by atoms with Crippen molar-refractivity contribution < 1.29 is 4.74 Å². The summed E-state index contributed by atoms with van der Waals surface area (Å²) in [6.07, 6.45) is 0. The van der Waals surface area contributed by atoms with Crippen LogP contribution >= 0.6 is 0 Å². The first-order chi connectivity index (χ1) is 9.35. The van der Waals surface area contributed by atoms with E-state index in [1.54, 1.807) is 0 Å². The van der Waals surface area contributed by atoms with Gasteiger partial charge in [-0.3, -0.25) is 4.90 Å². The van der Waals surface area contributed by atoms with E-state index in [1.165, 1.54) is 5.69 Å². The van der Waals surface area contributed by atoms with Crippen molar-refractivity contribution >= 4 is 5.69 Å². The van der Waals surface area contributed by atoms with E-state index in [9.17, 15) is 0 Å². The second-order valence-electron chi connectivity index (χ2n) is 4.92. The fourth-order valence-corrected chi connectivity index (χ4v) is 2.65. The summed E-state index contributed by atoms with van der Waals surface area (Å²) in [6, 6.07) is 10.9. The SMILES string of the molecule is CCN(c1ccccc1)C(CN)CN1CCOCC1. The van der Waals surface area contributed by atoms with E-state index in [0.717, 1.165) is 39.4 Å². The molecular weight excluding hydrogens is 238 g/mol. The van der Waals surface area contributed by atoms with Gasteiger partial charge in [0.1, 0.15) is 0 Å². The number of nitrogens with two attached hydrogens (primary N) is 1. The van der Waals surface area contributed by atoms with Gasteiger partial charge in [-0.25, -0.2) is 0 Å². The molecule has 1 fully saturated rings. The molecule has 0 aromatic heterocycles. The van der Waals surface area contributed by atoms with Crippen molar-refractivity contribution in [3.05, 3.63) is 30.3 Å². The summed E-state index contributed by atoms with van der Waals surface area (Å²) in [5.74, 6) is 0. The van der Waals surface area contributed by atoms with Gasteiger partial charge in [-0.05, 0) is 19.1 Å². The molecule has 1 aromatic carbocycles. The summed E-state index contributed by atoms with van der Waals surface area (Å²) >= 11 is 0. The Bertz CT molecular complexity index is 352. The maximum absolute atomic E-state index is 6.00. The number of likely N-dealkylation sites (N-methyl/N-ethyl adjacent to an activating group) is 1. The van der Waals surface area contributed by atoms with Crippen molar-refractivity contribution in [2.24, 2.45) is 5.73 Å². The standard InChI is InChI=1S/C15H25N3O/c1-2-18(14-6-4-3-5-7-14)15(12-16)13-17-8-10-19-11-9-17/h3-7,15H,2,8-13,16H2,1H3. The van der Waals surface area contributed by atoms with E-state index in [0.29, 0.717) is 12.6 Å². The molecule has 0 radical (unpaired) electrons. The summed E-state index contributed by atoms with van der Waals surface area (Å²) in [5.41, 5.74) is 7.26. The third kappa shape index (κ3) is 3.93. The lowest BCUT2D eigenvalue weighted by atomic mass is 10.1. The normalized spacial score (nSPS) is 18.2. The summed E-state index contributed by atoms with van der Waals surface area (Å²) < 4.78 is 5.40. The van der Waals surface area contributed by atoms with Gasteiger partial charge in [0, 0.05) is 38.4 Å². The molecule has 2 rings (SSSR count). The maximum atomic E-state index is 6.00. The van der Waals surface area contributed by atoms with Crippen LogP contribution in [0, 0.1) is 0 Å². The van der Waals surface area contributed by atoms with Gasteiger partial charge < -0.3 is 15.4 Å². The Labute approximate surface area is 116 Å². The Morgan fingerprint density at radius 1 is 1.26 bits per heavy atom. The summed E-state index contributed by atoms with van der Waals surface area (Å²) in [7, 11) is 0. The van der Waals surface area contributed by atoms with Gasteiger partial charge in [0.05, 0.1) is 19.3 Å². The number of hydrogen-bond donors (Lipinski definition) is 1. The number of nitrogens with zero attached hydrogens (tertiary/aromatic N) is 2. The lowest BCUT2D eigenvalue weighted by Crippen LogP contribution is -2.50. The van der Waals surface area contributed by atoms with Crippen LogP contribution in [0.4, 0.5) is 5.69 Å². The molecule has 1 aromatic rings. The van der Waals surface area contributed by atoms with Gasteiger partial charge in [-0.2, -0.15) is 0 Å². The minimum Gasteiger partial charge on any atom is -0.379 e. The molecule has 0 saturated carbocycles. The molecular formula is C15H25N3O. The Morgan fingerprint density at radius 3 is 2.53 bits per heavy atom. The first-order valence-electron chi connectivity index (χ1n) is 7.17. The van der Waals surface area contributed by atoms with Crippen molar-refractivity contribution in [1.29, 1.82) is 0 Å². The molecule has 2 N–H and O–H groups in total. The van der Waals surface area contributed by atoms with Crippen LogP contribution in [0.25, 0.3) is 0 Å². The van der Waals surface area contributed by atoms with Crippen molar-refractivity contribution in [3.8, 4) is 0 Å². The first kappa shape index (κ1) is 14.3. The van der Waals surface area contributed by atoms with Crippen LogP contribution < -0.4 is 10.6 Å². The van der Waals surface area contributed by atoms with Gasteiger partial charge in [0.15, 0.2) is 0 Å². The zero-order chi connectivity index (χ0) is 13.5. The number of para-hydroxylation sites is 1. The number of anilines is 1. The predicted molar refractivity (Wildman–Crippen MR) is 79.6 cm³/mol. The van der Waals surface area contributed by atoms with Crippen LogP contribution in [0.5, 0.6) is 0 Å². The molecule has 1 heterocycles. The average Bonchev–Trinajstić information content (AvgIpc) is 2.49. The van der Waals surface area contributed by atoms with E-state index in [-0.39, 0.29) is 0 Å². The topological polar surface area (TPSA) is 41.7 Å². The smallest absolute Gasteiger partial charge is 0.0594 e. The van der Waals surface area contributed by atoms with Crippen molar-refractivity contribution in [3.63, 3.8) is 0 Å². The second-order valence-corrected chi connectivity index (χ2v) is 4.92. The van der Waals surface area contributed by atoms with Crippen LogP contribution in [0.15, 0.2) is 30.3 Å². The number of hydrogen-bond acceptors (Lipinski definition) is 4. The van der Waals surface area contributed by atoms with Gasteiger partial charge in [0.25, 0.3) is 0 Å². The number of rotatable bonds is 6. The van der Waals surface area contributed by atoms with Crippen molar-refractivity contribution in [2.75, 3.05) is 50.8 Å². The molecule has 0 amide bonds. The Morgan fingerprint density at radius 2 is 1.95 bits per heavy atom. The molecule has 1 saturated heterocycles. The molecule has 1 aliphatic rings. The quantitative estimate of drug-likeness (QED) is 0.836. The lowest BCUT2D eigenvalue weighted by Gasteiger charge is -2.37. The number of ether oxygens (including phenoxy) is 1. The molecule has 19 heavy (non-hydrogen) atoms. The monoisotopic (exact) mass is 263 g/mol. The summed E-state index contributed by atoms with van der Waals surface area (Å²) in [4.78, 5) is 4.85. The molecule has 1 aliphatic heterocycles. The van der Waals surface area contributed by atoms with Gasteiger partial charge in [0.2, 0.25) is 0 Å². The lowest BCUT2D eigenvalue weighted by molar-refractivity contribution is 0.0353. The Hall–Kier alpha value is -1.10. The average molecular weight is 263 g/mol. The third-order valence-electron chi connectivity index (χ3n) is 3.71. The third-order valence-corrected chi connectivity index (χ3v) is 3.71. The van der Waals surface area contributed by atoms with E-state index in [2.05, 4.69) is 47.1 Å². The van der Waals surface area contributed by atoms with Crippen LogP contribution in [-0.4, -0.2) is 56.9 Å². The summed E-state index contributed by atoms with van der Waals surface area (Å²) in [5, 5.41) is 0. The largest absolute Gasteiger partial charge is 0.379 e. The molecule has 4 heteroatoms. The van der Waals surface area contributed by atoms with Gasteiger partial charge in [-0.1, -0.05) is 18.2 Å². The highest BCUT2D eigenvalue weighted by atomic mass is 16.5. The second kappa shape index (κ2) is 7.48. The van der Waals surface area contributed by atoms with Crippen LogP contribution in [0.2, 0.25) is 0 Å². The van der Waals surface area contributed by atoms with E-state index < -0.39 is 0 Å². The molecule has 0 bridgehead atoms. The van der Waals surface area contributed by atoms with E-state index in [1.807, 2.05) is 0 Å². The zero-order valence-electron chi connectivity index (χ0n) is 11.8. The van der Waals surface area contributed by atoms with E-state index >= 15 is 0 Å². The molecule has 0 aliphatic carbocycles. The highest BCUT2D eigenvalue weighted by Crippen LogP contribution is 2.16. The van der Waals surface area contributed by atoms with Crippen molar-refractivity contribution in [1.82, 2.24) is 4.90 Å². The van der Waals surface area contributed by atoms with Gasteiger partial charge in [-0.15, -0.1) is 0 Å². The molecule has 1 atom stereocenters. The molecule has 106 valence electrons. The highest BCUT2D eigenvalue weighted by molar-refractivity contribution is 5.47. The molecule has 1 unspecified atom stereocenters. The Kier molecular flexibility index (Phi) is 5.63. The number of benzene rings is 1. The first-order valence-corrected chi connectivity index (χ1v) is 7.17. The minimum absolute atomic E-state index is 0.366. The summed E-state index contributed by atoms with van der Waals surface area (Å²) in [6.45, 7) is 8.59. The molecule has 4 nitrogen and oxygen atoms in total. The fourth-order valence-electron chi connectivity index (χ4n) is 2.65. The predicted octanol–water partition coefficient (Wildman–Crippen LogP) is 1.17. The van der Waals surface area contributed by atoms with E-state index in [4.69, 9.17) is 10.5 Å². The van der Waals surface area contributed by atoms with Crippen LogP contribution in [0.3, 0.4) is 0 Å². The number of morpholine rings is 1. The fraction of sp³-hybridized carbons (Fsp3) is 0.600. The van der Waals surface area contributed by atoms with Crippen LogP contribution in [0.1, 0.15) is 6.92 Å². The van der Waals surface area contributed by atoms with Crippen molar-refractivity contribution in [2.45, 2.75) is 13.0 Å². The Balaban J connectivity index is 2.01. The highest BCUT2D eigenvalue weighted by Gasteiger charge is 2.20. The van der Waals surface area contributed by atoms with Crippen LogP contribution in [-0.2, 0) is 4.74 Å². The zero-order valence-corrected chi connectivity index (χ0v) is 11.8. The molecule has 0 spiro atoms. The minimum atomic E-state index is 0.366.